The molecule has 0 aliphatic carbocycles. The number of alkyl carbamates (subject to hydrolysis) is 2. The number of hydrogen-bond donors (Lipinski definition) is 2. The second-order valence-corrected chi connectivity index (χ2v) is 3.08. The number of hydrogen-bond acceptors (Lipinski definition) is 4. The molecular weight excluding hydrogens is 224 g/mol. The molecule has 1 rings (SSSR count). The molecule has 0 saturated carbocycles. The first-order valence-corrected chi connectivity index (χ1v) is 4.98. The fourth-order valence-corrected chi connectivity index (χ4v) is 1.03. The number of methoxy groups -OCH3 is 1. The molecular formula is C11H14N2O4. The van der Waals surface area contributed by atoms with Gasteiger partial charge in [0, 0.05) is 0 Å². The van der Waals surface area contributed by atoms with Crippen LogP contribution in [0.1, 0.15) is 5.56 Å². The van der Waals surface area contributed by atoms with E-state index >= 15 is 0 Å². The van der Waals surface area contributed by atoms with Gasteiger partial charge in [0.2, 0.25) is 0 Å². The van der Waals surface area contributed by atoms with Crippen LogP contribution in [0.3, 0.4) is 0 Å². The average molecular weight is 238 g/mol. The van der Waals surface area contributed by atoms with Crippen LogP contribution in [0.4, 0.5) is 9.59 Å². The third kappa shape index (κ3) is 5.41. The molecule has 0 bridgehead atoms. The van der Waals surface area contributed by atoms with Crippen LogP contribution in [-0.2, 0) is 16.1 Å². The Balaban J connectivity index is 2.16. The standard InChI is InChI=1S/C11H14N2O4/c1-16-10(14)12-8-13-11(15)17-7-9-5-3-2-4-6-9/h2-6H,7-8H2,1H3,(H,12,14)(H,13,15). The summed E-state index contributed by atoms with van der Waals surface area (Å²) in [7, 11) is 1.24. The predicted molar refractivity (Wildman–Crippen MR) is 60.2 cm³/mol. The molecule has 1 aromatic carbocycles. The average Bonchev–Trinajstić information content (AvgIpc) is 2.37. The molecule has 0 radical (unpaired) electrons. The van der Waals surface area contributed by atoms with Crippen LogP contribution in [0, 0.1) is 0 Å². The highest BCUT2D eigenvalue weighted by molar-refractivity contribution is 5.69. The predicted octanol–water partition coefficient (Wildman–Crippen LogP) is 1.23. The van der Waals surface area contributed by atoms with Crippen LogP contribution in [0.2, 0.25) is 0 Å². The molecule has 2 amide bonds. The summed E-state index contributed by atoms with van der Waals surface area (Å²) in [6.07, 6.45) is -1.22. The van der Waals surface area contributed by atoms with Gasteiger partial charge in [0.1, 0.15) is 6.61 Å². The maximum absolute atomic E-state index is 11.2. The normalized spacial score (nSPS) is 9.24. The van der Waals surface area contributed by atoms with Crippen molar-refractivity contribution in [3.05, 3.63) is 35.9 Å². The highest BCUT2D eigenvalue weighted by Gasteiger charge is 2.02. The van der Waals surface area contributed by atoms with E-state index in [1.54, 1.807) is 0 Å². The van der Waals surface area contributed by atoms with Crippen molar-refractivity contribution in [1.82, 2.24) is 10.6 Å². The molecule has 0 atom stereocenters. The highest BCUT2D eigenvalue weighted by Crippen LogP contribution is 2.00. The molecule has 6 nitrogen and oxygen atoms in total. The molecule has 92 valence electrons. The Morgan fingerprint density at radius 1 is 1.12 bits per heavy atom. The van der Waals surface area contributed by atoms with Gasteiger partial charge in [-0.1, -0.05) is 30.3 Å². The van der Waals surface area contributed by atoms with Crippen molar-refractivity contribution in [2.45, 2.75) is 6.61 Å². The van der Waals surface area contributed by atoms with E-state index in [1.165, 1.54) is 7.11 Å². The second-order valence-electron chi connectivity index (χ2n) is 3.08. The molecule has 1 aromatic rings. The zero-order chi connectivity index (χ0) is 12.5. The molecule has 0 aliphatic heterocycles. The van der Waals surface area contributed by atoms with Gasteiger partial charge >= 0.3 is 12.2 Å². The van der Waals surface area contributed by atoms with Crippen molar-refractivity contribution in [1.29, 1.82) is 0 Å². The number of benzene rings is 1. The Kier molecular flexibility index (Phi) is 5.36. The van der Waals surface area contributed by atoms with E-state index in [-0.39, 0.29) is 13.3 Å². The minimum Gasteiger partial charge on any atom is -0.453 e. The Hall–Kier alpha value is -2.24. The van der Waals surface area contributed by atoms with Gasteiger partial charge in [0.15, 0.2) is 0 Å². The first-order chi connectivity index (χ1) is 8.22. The summed E-state index contributed by atoms with van der Waals surface area (Å²) < 4.78 is 9.22. The summed E-state index contributed by atoms with van der Waals surface area (Å²) in [5.41, 5.74) is 0.892. The molecule has 0 spiro atoms. The van der Waals surface area contributed by atoms with Crippen LogP contribution in [0.25, 0.3) is 0 Å². The molecule has 0 saturated heterocycles. The van der Waals surface area contributed by atoms with Crippen molar-refractivity contribution >= 4 is 12.2 Å². The quantitative estimate of drug-likeness (QED) is 0.773. The first kappa shape index (κ1) is 12.8. The van der Waals surface area contributed by atoms with E-state index in [4.69, 9.17) is 4.74 Å². The van der Waals surface area contributed by atoms with Gasteiger partial charge in [0.25, 0.3) is 0 Å². The van der Waals surface area contributed by atoms with E-state index in [9.17, 15) is 9.59 Å². The van der Waals surface area contributed by atoms with Gasteiger partial charge in [-0.2, -0.15) is 0 Å². The zero-order valence-corrected chi connectivity index (χ0v) is 9.43. The van der Waals surface area contributed by atoms with E-state index in [0.29, 0.717) is 0 Å². The lowest BCUT2D eigenvalue weighted by molar-refractivity contribution is 0.137. The van der Waals surface area contributed by atoms with E-state index < -0.39 is 12.2 Å². The minimum absolute atomic E-state index is 0.0414. The van der Waals surface area contributed by atoms with E-state index in [2.05, 4.69) is 15.4 Å². The lowest BCUT2D eigenvalue weighted by Gasteiger charge is -2.07. The van der Waals surface area contributed by atoms with Crippen LogP contribution in [0.5, 0.6) is 0 Å². The SMILES string of the molecule is COC(=O)NCNC(=O)OCc1ccccc1. The number of nitrogens with one attached hydrogen (secondary N) is 2. The summed E-state index contributed by atoms with van der Waals surface area (Å²) in [6.45, 7) is 0.144. The number of rotatable bonds is 4. The smallest absolute Gasteiger partial charge is 0.408 e. The van der Waals surface area contributed by atoms with Gasteiger partial charge in [-0.05, 0) is 5.56 Å². The lowest BCUT2D eigenvalue weighted by atomic mass is 10.2. The fourth-order valence-electron chi connectivity index (χ4n) is 1.03. The Morgan fingerprint density at radius 2 is 1.76 bits per heavy atom. The van der Waals surface area contributed by atoms with Gasteiger partial charge in [-0.3, -0.25) is 0 Å². The van der Waals surface area contributed by atoms with Crippen molar-refractivity contribution in [3.8, 4) is 0 Å². The number of carbonyl (C=O) groups is 2. The summed E-state index contributed by atoms with van der Waals surface area (Å²) >= 11 is 0. The minimum atomic E-state index is -0.617. The number of amides is 2. The van der Waals surface area contributed by atoms with Crippen LogP contribution in [-0.4, -0.2) is 26.0 Å². The fraction of sp³-hybridized carbons (Fsp3) is 0.273. The van der Waals surface area contributed by atoms with Crippen LogP contribution in [0.15, 0.2) is 30.3 Å². The zero-order valence-electron chi connectivity index (χ0n) is 9.43. The van der Waals surface area contributed by atoms with Gasteiger partial charge in [-0.25, -0.2) is 9.59 Å². The van der Waals surface area contributed by atoms with Crippen LogP contribution < -0.4 is 10.6 Å². The molecule has 0 aliphatic rings. The number of ether oxygens (including phenoxy) is 2. The second kappa shape index (κ2) is 7.10. The number of carbonyl (C=O) groups excluding carboxylic acids is 2. The molecule has 0 fully saturated rings. The van der Waals surface area contributed by atoms with E-state index in [1.807, 2.05) is 30.3 Å². The maximum Gasteiger partial charge on any atom is 0.408 e. The summed E-state index contributed by atoms with van der Waals surface area (Å²) in [4.78, 5) is 21.8. The molecule has 6 heteroatoms. The first-order valence-electron chi connectivity index (χ1n) is 4.98. The maximum atomic E-state index is 11.2. The summed E-state index contributed by atoms with van der Waals surface area (Å²) in [5.74, 6) is 0. The Labute approximate surface area is 98.9 Å². The third-order valence-electron chi connectivity index (χ3n) is 1.86. The topological polar surface area (TPSA) is 76.7 Å². The molecule has 17 heavy (non-hydrogen) atoms. The molecule has 0 heterocycles. The van der Waals surface area contributed by atoms with Crippen molar-refractivity contribution in [2.24, 2.45) is 0 Å². The van der Waals surface area contributed by atoms with E-state index in [0.717, 1.165) is 5.56 Å². The Morgan fingerprint density at radius 3 is 2.41 bits per heavy atom. The van der Waals surface area contributed by atoms with Crippen molar-refractivity contribution < 1.29 is 19.1 Å². The van der Waals surface area contributed by atoms with Crippen molar-refractivity contribution in [3.63, 3.8) is 0 Å². The highest BCUT2D eigenvalue weighted by atomic mass is 16.6. The summed E-state index contributed by atoms with van der Waals surface area (Å²) in [5, 5.41) is 4.63. The van der Waals surface area contributed by atoms with Gasteiger partial charge in [0.05, 0.1) is 13.8 Å². The Bertz CT molecular complexity index is 367. The lowest BCUT2D eigenvalue weighted by Crippen LogP contribution is -2.37. The van der Waals surface area contributed by atoms with Gasteiger partial charge < -0.3 is 20.1 Å². The summed E-state index contributed by atoms with van der Waals surface area (Å²) in [6, 6.07) is 9.29. The van der Waals surface area contributed by atoms with Gasteiger partial charge in [-0.15, -0.1) is 0 Å². The molecule has 0 aromatic heterocycles. The van der Waals surface area contributed by atoms with Crippen molar-refractivity contribution in [2.75, 3.05) is 13.8 Å². The van der Waals surface area contributed by atoms with Crippen LogP contribution >= 0.6 is 0 Å². The largest absolute Gasteiger partial charge is 0.453 e. The third-order valence-corrected chi connectivity index (χ3v) is 1.86. The molecule has 0 unspecified atom stereocenters. The molecule has 2 N–H and O–H groups in total. The monoisotopic (exact) mass is 238 g/mol.